The SMILES string of the molecule is COc1ccc(C)cc1N(C)C(=O)C1CCCCN1. The molecule has 1 aromatic rings. The zero-order valence-corrected chi connectivity index (χ0v) is 11.9. The predicted molar refractivity (Wildman–Crippen MR) is 76.8 cm³/mol. The lowest BCUT2D eigenvalue weighted by Gasteiger charge is -2.28. The monoisotopic (exact) mass is 262 g/mol. The highest BCUT2D eigenvalue weighted by Crippen LogP contribution is 2.29. The minimum Gasteiger partial charge on any atom is -0.495 e. The van der Waals surface area contributed by atoms with E-state index in [4.69, 9.17) is 4.74 Å². The van der Waals surface area contributed by atoms with Crippen molar-refractivity contribution in [3.05, 3.63) is 23.8 Å². The standard InChI is InChI=1S/C15H22N2O2/c1-11-7-8-14(19-3)13(10-11)17(2)15(18)12-6-4-5-9-16-12/h7-8,10,12,16H,4-6,9H2,1-3H3. The third kappa shape index (κ3) is 3.07. The summed E-state index contributed by atoms with van der Waals surface area (Å²) in [4.78, 5) is 14.2. The third-order valence-corrected chi connectivity index (χ3v) is 3.63. The van der Waals surface area contributed by atoms with Crippen LogP contribution in [0.3, 0.4) is 0 Å². The fourth-order valence-electron chi connectivity index (χ4n) is 2.48. The van der Waals surface area contributed by atoms with Gasteiger partial charge in [-0.25, -0.2) is 0 Å². The molecule has 1 amide bonds. The van der Waals surface area contributed by atoms with Crippen LogP contribution in [-0.2, 0) is 4.79 Å². The van der Waals surface area contributed by atoms with E-state index in [1.165, 1.54) is 0 Å². The van der Waals surface area contributed by atoms with Crippen molar-refractivity contribution in [2.45, 2.75) is 32.2 Å². The van der Waals surface area contributed by atoms with E-state index in [-0.39, 0.29) is 11.9 Å². The zero-order chi connectivity index (χ0) is 13.8. The molecule has 1 saturated heterocycles. The van der Waals surface area contributed by atoms with Crippen molar-refractivity contribution >= 4 is 11.6 Å². The Bertz CT molecular complexity index is 453. The Labute approximate surface area is 114 Å². The number of hydrogen-bond acceptors (Lipinski definition) is 3. The molecule has 1 heterocycles. The fourth-order valence-corrected chi connectivity index (χ4v) is 2.48. The van der Waals surface area contributed by atoms with Crippen LogP contribution in [0, 0.1) is 6.92 Å². The molecule has 1 aromatic carbocycles. The minimum atomic E-state index is -0.0658. The van der Waals surface area contributed by atoms with Crippen LogP contribution in [0.4, 0.5) is 5.69 Å². The number of aryl methyl sites for hydroxylation is 1. The highest BCUT2D eigenvalue weighted by atomic mass is 16.5. The van der Waals surface area contributed by atoms with Crippen molar-refractivity contribution in [2.24, 2.45) is 0 Å². The number of carbonyl (C=O) groups is 1. The molecule has 2 rings (SSSR count). The van der Waals surface area contributed by atoms with Crippen molar-refractivity contribution in [1.82, 2.24) is 5.32 Å². The number of anilines is 1. The Balaban J connectivity index is 2.20. The maximum absolute atomic E-state index is 12.5. The number of piperidine rings is 1. The van der Waals surface area contributed by atoms with Crippen molar-refractivity contribution < 1.29 is 9.53 Å². The number of ether oxygens (including phenoxy) is 1. The summed E-state index contributed by atoms with van der Waals surface area (Å²) in [7, 11) is 3.45. The van der Waals surface area contributed by atoms with Gasteiger partial charge in [0.15, 0.2) is 0 Å². The number of nitrogens with zero attached hydrogens (tertiary/aromatic N) is 1. The summed E-state index contributed by atoms with van der Waals surface area (Å²) >= 11 is 0. The van der Waals surface area contributed by atoms with Gasteiger partial charge in [-0.05, 0) is 44.0 Å². The Morgan fingerprint density at radius 1 is 1.42 bits per heavy atom. The number of rotatable bonds is 3. The molecular weight excluding hydrogens is 240 g/mol. The molecule has 0 bridgehead atoms. The summed E-state index contributed by atoms with van der Waals surface area (Å²) in [6.45, 7) is 2.94. The van der Waals surface area contributed by atoms with E-state index >= 15 is 0 Å². The molecule has 1 unspecified atom stereocenters. The Morgan fingerprint density at radius 2 is 2.21 bits per heavy atom. The first-order valence-corrected chi connectivity index (χ1v) is 6.79. The molecule has 1 atom stereocenters. The quantitative estimate of drug-likeness (QED) is 0.907. The molecule has 19 heavy (non-hydrogen) atoms. The molecular formula is C15H22N2O2. The van der Waals surface area contributed by atoms with E-state index in [0.717, 1.165) is 42.8 Å². The largest absolute Gasteiger partial charge is 0.495 e. The van der Waals surface area contributed by atoms with Crippen LogP contribution in [0.15, 0.2) is 18.2 Å². The summed E-state index contributed by atoms with van der Waals surface area (Å²) in [6.07, 6.45) is 3.18. The van der Waals surface area contributed by atoms with Gasteiger partial charge >= 0.3 is 0 Å². The van der Waals surface area contributed by atoms with Crippen molar-refractivity contribution in [2.75, 3.05) is 25.6 Å². The molecule has 4 nitrogen and oxygen atoms in total. The van der Waals surface area contributed by atoms with Gasteiger partial charge in [-0.2, -0.15) is 0 Å². The number of benzene rings is 1. The lowest BCUT2D eigenvalue weighted by molar-refractivity contribution is -0.120. The second kappa shape index (κ2) is 6.06. The molecule has 0 aromatic heterocycles. The van der Waals surface area contributed by atoms with Gasteiger partial charge in [-0.1, -0.05) is 12.5 Å². The highest BCUT2D eigenvalue weighted by molar-refractivity contribution is 5.98. The number of methoxy groups -OCH3 is 1. The van der Waals surface area contributed by atoms with Crippen molar-refractivity contribution in [1.29, 1.82) is 0 Å². The third-order valence-electron chi connectivity index (χ3n) is 3.63. The molecule has 1 fully saturated rings. The van der Waals surface area contributed by atoms with Crippen LogP contribution >= 0.6 is 0 Å². The first-order valence-electron chi connectivity index (χ1n) is 6.79. The average molecular weight is 262 g/mol. The zero-order valence-electron chi connectivity index (χ0n) is 11.9. The normalized spacial score (nSPS) is 19.0. The van der Waals surface area contributed by atoms with E-state index in [1.54, 1.807) is 12.0 Å². The maximum Gasteiger partial charge on any atom is 0.243 e. The van der Waals surface area contributed by atoms with Gasteiger partial charge in [-0.15, -0.1) is 0 Å². The second-order valence-corrected chi connectivity index (χ2v) is 5.08. The van der Waals surface area contributed by atoms with Gasteiger partial charge in [0, 0.05) is 7.05 Å². The highest BCUT2D eigenvalue weighted by Gasteiger charge is 2.25. The number of amides is 1. The Kier molecular flexibility index (Phi) is 4.43. The van der Waals surface area contributed by atoms with Gasteiger partial charge in [0.2, 0.25) is 5.91 Å². The van der Waals surface area contributed by atoms with Gasteiger partial charge in [-0.3, -0.25) is 4.79 Å². The summed E-state index contributed by atoms with van der Waals surface area (Å²) < 4.78 is 5.34. The van der Waals surface area contributed by atoms with Crippen LogP contribution < -0.4 is 15.0 Å². The van der Waals surface area contributed by atoms with E-state index in [1.807, 2.05) is 32.2 Å². The predicted octanol–water partition coefficient (Wildman–Crippen LogP) is 2.11. The van der Waals surface area contributed by atoms with Crippen LogP contribution in [-0.4, -0.2) is 32.7 Å². The van der Waals surface area contributed by atoms with Crippen LogP contribution in [0.2, 0.25) is 0 Å². The molecule has 0 saturated carbocycles. The molecule has 1 N–H and O–H groups in total. The summed E-state index contributed by atoms with van der Waals surface area (Å²) in [5.41, 5.74) is 1.95. The molecule has 0 aliphatic carbocycles. The Hall–Kier alpha value is -1.55. The summed E-state index contributed by atoms with van der Waals surface area (Å²) in [5.74, 6) is 0.848. The van der Waals surface area contributed by atoms with E-state index < -0.39 is 0 Å². The molecule has 1 aliphatic rings. The first kappa shape index (κ1) is 13.9. The summed E-state index contributed by atoms with van der Waals surface area (Å²) in [6, 6.07) is 5.81. The average Bonchev–Trinajstić information content (AvgIpc) is 2.46. The first-order chi connectivity index (χ1) is 9.13. The van der Waals surface area contributed by atoms with E-state index in [9.17, 15) is 4.79 Å². The lowest BCUT2D eigenvalue weighted by Crippen LogP contribution is -2.47. The number of hydrogen-bond donors (Lipinski definition) is 1. The number of likely N-dealkylation sites (N-methyl/N-ethyl adjacent to an activating group) is 1. The topological polar surface area (TPSA) is 41.6 Å². The lowest BCUT2D eigenvalue weighted by atomic mass is 10.0. The second-order valence-electron chi connectivity index (χ2n) is 5.08. The summed E-state index contributed by atoms with van der Waals surface area (Å²) in [5, 5.41) is 3.29. The molecule has 4 heteroatoms. The van der Waals surface area contributed by atoms with Crippen LogP contribution in [0.25, 0.3) is 0 Å². The Morgan fingerprint density at radius 3 is 2.84 bits per heavy atom. The van der Waals surface area contributed by atoms with Gasteiger partial charge in [0.05, 0.1) is 18.8 Å². The van der Waals surface area contributed by atoms with E-state index in [0.29, 0.717) is 0 Å². The molecule has 104 valence electrons. The molecule has 0 radical (unpaired) electrons. The van der Waals surface area contributed by atoms with Crippen molar-refractivity contribution in [3.63, 3.8) is 0 Å². The molecule has 1 aliphatic heterocycles. The van der Waals surface area contributed by atoms with Gasteiger partial charge in [0.25, 0.3) is 0 Å². The van der Waals surface area contributed by atoms with Crippen LogP contribution in [0.5, 0.6) is 5.75 Å². The van der Waals surface area contributed by atoms with Crippen LogP contribution in [0.1, 0.15) is 24.8 Å². The van der Waals surface area contributed by atoms with Crippen molar-refractivity contribution in [3.8, 4) is 5.75 Å². The number of nitrogens with one attached hydrogen (secondary N) is 1. The minimum absolute atomic E-state index is 0.0658. The van der Waals surface area contributed by atoms with E-state index in [2.05, 4.69) is 5.32 Å². The number of carbonyl (C=O) groups excluding carboxylic acids is 1. The maximum atomic E-state index is 12.5. The smallest absolute Gasteiger partial charge is 0.243 e. The van der Waals surface area contributed by atoms with Gasteiger partial charge in [0.1, 0.15) is 5.75 Å². The molecule has 0 spiro atoms. The van der Waals surface area contributed by atoms with Gasteiger partial charge < -0.3 is 15.0 Å². The fraction of sp³-hybridized carbons (Fsp3) is 0.533.